The van der Waals surface area contributed by atoms with Gasteiger partial charge in [-0.2, -0.15) is 0 Å². The number of hydrogen-bond acceptors (Lipinski definition) is 4. The van der Waals surface area contributed by atoms with Crippen molar-refractivity contribution in [3.63, 3.8) is 0 Å². The van der Waals surface area contributed by atoms with E-state index in [1.54, 1.807) is 23.2 Å². The molecule has 0 saturated carbocycles. The average Bonchev–Trinajstić information content (AvgIpc) is 3.36. The third kappa shape index (κ3) is 4.46. The molecule has 0 unspecified atom stereocenters. The number of halogens is 2. The number of rotatable bonds is 6. The molecule has 1 aromatic heterocycles. The highest BCUT2D eigenvalue weighted by atomic mass is 19.1. The molecule has 0 radical (unpaired) electrons. The number of likely N-dealkylation sites (tertiary alicyclic amines) is 2. The molecule has 2 aliphatic heterocycles. The number of benzene rings is 1. The largest absolute Gasteiger partial charge is 0.487 e. The van der Waals surface area contributed by atoms with E-state index in [2.05, 4.69) is 16.8 Å². The van der Waals surface area contributed by atoms with Crippen LogP contribution in [0.3, 0.4) is 0 Å². The van der Waals surface area contributed by atoms with Crippen molar-refractivity contribution in [3.05, 3.63) is 59.4 Å². The van der Waals surface area contributed by atoms with E-state index in [1.807, 2.05) is 6.07 Å². The smallest absolute Gasteiger partial charge is 0.260 e. The lowest BCUT2D eigenvalue weighted by atomic mass is 10.1. The summed E-state index contributed by atoms with van der Waals surface area (Å²) in [5.41, 5.74) is 0.149. The zero-order chi connectivity index (χ0) is 21.1. The van der Waals surface area contributed by atoms with Gasteiger partial charge < -0.3 is 9.64 Å². The van der Waals surface area contributed by atoms with Crippen LogP contribution in [-0.2, 0) is 6.61 Å². The van der Waals surface area contributed by atoms with E-state index in [9.17, 15) is 13.6 Å². The maximum absolute atomic E-state index is 14.7. The summed E-state index contributed by atoms with van der Waals surface area (Å²) >= 11 is 0. The van der Waals surface area contributed by atoms with Crippen LogP contribution >= 0.6 is 0 Å². The Balaban J connectivity index is 1.46. The number of nitrogens with zero attached hydrogens (tertiary/aromatic N) is 3. The predicted octanol–water partition coefficient (Wildman–Crippen LogP) is 4.03. The van der Waals surface area contributed by atoms with Crippen LogP contribution < -0.4 is 4.74 Å². The SMILES string of the molecule is C[C@@H]1CCCN1C[C@@H]1CCCN1C(=O)c1c(F)cc(OCc2ccccn2)cc1F. The van der Waals surface area contributed by atoms with Crippen molar-refractivity contribution in [2.45, 2.75) is 51.3 Å². The Kier molecular flexibility index (Phi) is 6.27. The second-order valence-electron chi connectivity index (χ2n) is 8.15. The molecule has 1 amide bonds. The fourth-order valence-corrected chi connectivity index (χ4v) is 4.45. The van der Waals surface area contributed by atoms with Gasteiger partial charge >= 0.3 is 0 Å². The Morgan fingerprint density at radius 1 is 1.17 bits per heavy atom. The van der Waals surface area contributed by atoms with Crippen molar-refractivity contribution in [2.75, 3.05) is 19.6 Å². The minimum absolute atomic E-state index is 0.00284. The quantitative estimate of drug-likeness (QED) is 0.715. The lowest BCUT2D eigenvalue weighted by Crippen LogP contribution is -2.44. The molecule has 2 saturated heterocycles. The minimum Gasteiger partial charge on any atom is -0.487 e. The van der Waals surface area contributed by atoms with Crippen LogP contribution in [0.4, 0.5) is 8.78 Å². The van der Waals surface area contributed by atoms with Crippen molar-refractivity contribution in [1.29, 1.82) is 0 Å². The molecule has 2 atom stereocenters. The predicted molar refractivity (Wildman–Crippen MR) is 109 cm³/mol. The summed E-state index contributed by atoms with van der Waals surface area (Å²) in [7, 11) is 0. The number of aromatic nitrogens is 1. The highest BCUT2D eigenvalue weighted by Crippen LogP contribution is 2.28. The monoisotopic (exact) mass is 415 g/mol. The highest BCUT2D eigenvalue weighted by molar-refractivity contribution is 5.95. The molecule has 4 rings (SSSR count). The van der Waals surface area contributed by atoms with Gasteiger partial charge in [-0.25, -0.2) is 8.78 Å². The van der Waals surface area contributed by atoms with Gasteiger partial charge in [0.25, 0.3) is 5.91 Å². The molecular weight excluding hydrogens is 388 g/mol. The zero-order valence-electron chi connectivity index (χ0n) is 17.2. The van der Waals surface area contributed by atoms with Gasteiger partial charge in [-0.1, -0.05) is 6.07 Å². The molecule has 0 aliphatic carbocycles. The van der Waals surface area contributed by atoms with Crippen LogP contribution in [0, 0.1) is 11.6 Å². The molecule has 160 valence electrons. The van der Waals surface area contributed by atoms with Crippen LogP contribution in [0.25, 0.3) is 0 Å². The number of carbonyl (C=O) groups is 1. The van der Waals surface area contributed by atoms with E-state index in [1.165, 1.54) is 0 Å². The molecule has 1 aromatic carbocycles. The average molecular weight is 415 g/mol. The second-order valence-corrected chi connectivity index (χ2v) is 8.15. The van der Waals surface area contributed by atoms with Gasteiger partial charge in [0, 0.05) is 43.5 Å². The zero-order valence-corrected chi connectivity index (χ0v) is 17.2. The summed E-state index contributed by atoms with van der Waals surface area (Å²) in [5, 5.41) is 0. The minimum atomic E-state index is -0.892. The summed E-state index contributed by atoms with van der Waals surface area (Å²) in [6.07, 6.45) is 5.66. The van der Waals surface area contributed by atoms with Crippen molar-refractivity contribution < 1.29 is 18.3 Å². The van der Waals surface area contributed by atoms with Gasteiger partial charge in [-0.05, 0) is 51.3 Å². The Bertz CT molecular complexity index is 870. The Labute approximate surface area is 175 Å². The first-order valence-corrected chi connectivity index (χ1v) is 10.6. The van der Waals surface area contributed by atoms with Gasteiger partial charge in [0.15, 0.2) is 0 Å². The molecule has 30 heavy (non-hydrogen) atoms. The van der Waals surface area contributed by atoms with Gasteiger partial charge in [0.2, 0.25) is 0 Å². The maximum atomic E-state index is 14.7. The number of pyridine rings is 1. The molecule has 2 aromatic rings. The second kappa shape index (κ2) is 9.08. The number of carbonyl (C=O) groups excluding carboxylic acids is 1. The first-order chi connectivity index (χ1) is 14.5. The number of hydrogen-bond donors (Lipinski definition) is 0. The first-order valence-electron chi connectivity index (χ1n) is 10.6. The maximum Gasteiger partial charge on any atom is 0.260 e. The molecule has 0 spiro atoms. The van der Waals surface area contributed by atoms with E-state index in [-0.39, 0.29) is 18.4 Å². The molecule has 2 aliphatic rings. The summed E-state index contributed by atoms with van der Waals surface area (Å²) in [4.78, 5) is 21.1. The van der Waals surface area contributed by atoms with Crippen LogP contribution in [0.15, 0.2) is 36.5 Å². The van der Waals surface area contributed by atoms with Gasteiger partial charge in [0.1, 0.15) is 29.6 Å². The van der Waals surface area contributed by atoms with Crippen molar-refractivity contribution >= 4 is 5.91 Å². The highest BCUT2D eigenvalue weighted by Gasteiger charge is 2.35. The summed E-state index contributed by atoms with van der Waals surface area (Å²) in [5.74, 6) is -2.32. The van der Waals surface area contributed by atoms with E-state index in [4.69, 9.17) is 4.74 Å². The van der Waals surface area contributed by atoms with Gasteiger partial charge in [-0.15, -0.1) is 0 Å². The lowest BCUT2D eigenvalue weighted by molar-refractivity contribution is 0.0686. The van der Waals surface area contributed by atoms with E-state index >= 15 is 0 Å². The van der Waals surface area contributed by atoms with Crippen LogP contribution in [0.5, 0.6) is 5.75 Å². The molecule has 5 nitrogen and oxygen atoms in total. The number of ether oxygens (including phenoxy) is 1. The van der Waals surface area contributed by atoms with E-state index in [0.29, 0.717) is 18.3 Å². The van der Waals surface area contributed by atoms with Gasteiger partial charge in [0.05, 0.1) is 5.69 Å². The Morgan fingerprint density at radius 2 is 1.93 bits per heavy atom. The Hall–Kier alpha value is -2.54. The van der Waals surface area contributed by atoms with Crippen LogP contribution in [-0.4, -0.2) is 52.4 Å². The molecule has 7 heteroatoms. The van der Waals surface area contributed by atoms with Crippen LogP contribution in [0.2, 0.25) is 0 Å². The third-order valence-electron chi connectivity index (χ3n) is 6.12. The summed E-state index contributed by atoms with van der Waals surface area (Å²) in [6.45, 7) is 4.60. The normalized spacial score (nSPS) is 21.9. The first kappa shape index (κ1) is 20.7. The summed E-state index contributed by atoms with van der Waals surface area (Å²) < 4.78 is 34.9. The van der Waals surface area contributed by atoms with Crippen LogP contribution in [0.1, 0.15) is 48.7 Å². The lowest BCUT2D eigenvalue weighted by Gasteiger charge is -2.31. The molecule has 0 N–H and O–H groups in total. The van der Waals surface area contributed by atoms with Gasteiger partial charge in [-0.3, -0.25) is 14.7 Å². The fraction of sp³-hybridized carbons (Fsp3) is 0.478. The fourth-order valence-electron chi connectivity index (χ4n) is 4.45. The van der Waals surface area contributed by atoms with Crippen molar-refractivity contribution in [2.24, 2.45) is 0 Å². The molecule has 3 heterocycles. The topological polar surface area (TPSA) is 45.7 Å². The number of amides is 1. The molecule has 2 fully saturated rings. The van der Waals surface area contributed by atoms with E-state index < -0.39 is 23.1 Å². The summed E-state index contributed by atoms with van der Waals surface area (Å²) in [6, 6.07) is 7.99. The van der Waals surface area contributed by atoms with Crippen molar-refractivity contribution in [3.8, 4) is 5.75 Å². The molecular formula is C23H27F2N3O2. The molecule has 0 bridgehead atoms. The van der Waals surface area contributed by atoms with Crippen molar-refractivity contribution in [1.82, 2.24) is 14.8 Å². The van der Waals surface area contributed by atoms with E-state index in [0.717, 1.165) is 50.9 Å². The standard InChI is InChI=1S/C23H27F2N3O2/c1-16-6-4-10-27(16)14-18-8-5-11-28(18)23(29)22-20(24)12-19(13-21(22)25)30-15-17-7-2-3-9-26-17/h2-3,7,9,12-13,16,18H,4-6,8,10-11,14-15H2,1H3/t16-,18+/m1/s1. The Morgan fingerprint density at radius 3 is 2.60 bits per heavy atom. The third-order valence-corrected chi connectivity index (χ3v) is 6.12.